The standard InChI is InChI=1S/C23H27N3O2/c1-17(18-9-11-19(12-10-18)26-14-13-24-16-26)25-22(27)15-28-21-8-6-5-7-20(21)23(2,3)4/h5-14,16-17H,15H2,1-4H3,(H,25,27)/t17-/m1/s1. The topological polar surface area (TPSA) is 56.1 Å². The Morgan fingerprint density at radius 1 is 1.14 bits per heavy atom. The summed E-state index contributed by atoms with van der Waals surface area (Å²) in [5.41, 5.74) is 3.11. The third kappa shape index (κ3) is 4.80. The van der Waals surface area contributed by atoms with Crippen LogP contribution in [0.2, 0.25) is 0 Å². The summed E-state index contributed by atoms with van der Waals surface area (Å²) in [5, 5.41) is 3.00. The number of ether oxygens (including phenoxy) is 1. The van der Waals surface area contributed by atoms with Crippen molar-refractivity contribution in [2.75, 3.05) is 6.61 Å². The van der Waals surface area contributed by atoms with Gasteiger partial charge in [-0.05, 0) is 41.7 Å². The molecule has 0 radical (unpaired) electrons. The lowest BCUT2D eigenvalue weighted by Crippen LogP contribution is -2.31. The van der Waals surface area contributed by atoms with Crippen LogP contribution in [0.5, 0.6) is 5.75 Å². The van der Waals surface area contributed by atoms with Gasteiger partial charge in [0, 0.05) is 18.1 Å². The average molecular weight is 377 g/mol. The number of aromatic nitrogens is 2. The van der Waals surface area contributed by atoms with Gasteiger partial charge in [-0.1, -0.05) is 51.1 Å². The Balaban J connectivity index is 1.58. The summed E-state index contributed by atoms with van der Waals surface area (Å²) in [7, 11) is 0. The SMILES string of the molecule is C[C@@H](NC(=O)COc1ccccc1C(C)(C)C)c1ccc(-n2ccnc2)cc1. The van der Waals surface area contributed by atoms with E-state index in [0.717, 1.165) is 22.6 Å². The van der Waals surface area contributed by atoms with Crippen molar-refractivity contribution in [1.29, 1.82) is 0 Å². The molecule has 1 aromatic heterocycles. The van der Waals surface area contributed by atoms with Crippen LogP contribution < -0.4 is 10.1 Å². The quantitative estimate of drug-likeness (QED) is 0.691. The molecule has 28 heavy (non-hydrogen) atoms. The molecule has 0 saturated carbocycles. The van der Waals surface area contributed by atoms with Gasteiger partial charge in [-0.25, -0.2) is 4.98 Å². The molecule has 1 amide bonds. The Bertz CT molecular complexity index is 910. The van der Waals surface area contributed by atoms with Crippen LogP contribution in [0.25, 0.3) is 5.69 Å². The number of hydrogen-bond donors (Lipinski definition) is 1. The number of benzene rings is 2. The maximum absolute atomic E-state index is 12.4. The van der Waals surface area contributed by atoms with Crippen LogP contribution in [0, 0.1) is 0 Å². The van der Waals surface area contributed by atoms with Gasteiger partial charge in [-0.3, -0.25) is 4.79 Å². The first-order valence-electron chi connectivity index (χ1n) is 9.44. The lowest BCUT2D eigenvalue weighted by atomic mass is 9.86. The highest BCUT2D eigenvalue weighted by atomic mass is 16.5. The molecule has 1 N–H and O–H groups in total. The van der Waals surface area contributed by atoms with Crippen LogP contribution in [0.4, 0.5) is 0 Å². The minimum absolute atomic E-state index is 0.00937. The largest absolute Gasteiger partial charge is 0.483 e. The van der Waals surface area contributed by atoms with Crippen molar-refractivity contribution in [1.82, 2.24) is 14.9 Å². The summed E-state index contributed by atoms with van der Waals surface area (Å²) in [4.78, 5) is 16.4. The zero-order chi connectivity index (χ0) is 20.1. The van der Waals surface area contributed by atoms with Crippen molar-refractivity contribution in [3.63, 3.8) is 0 Å². The van der Waals surface area contributed by atoms with Crippen molar-refractivity contribution in [2.45, 2.75) is 39.2 Å². The minimum atomic E-state index is -0.144. The normalized spacial score (nSPS) is 12.4. The van der Waals surface area contributed by atoms with Crippen molar-refractivity contribution in [3.05, 3.63) is 78.4 Å². The molecule has 146 valence electrons. The minimum Gasteiger partial charge on any atom is -0.483 e. The lowest BCUT2D eigenvalue weighted by Gasteiger charge is -2.23. The van der Waals surface area contributed by atoms with E-state index < -0.39 is 0 Å². The molecule has 5 heteroatoms. The molecule has 0 aliphatic heterocycles. The van der Waals surface area contributed by atoms with E-state index in [1.807, 2.05) is 66.2 Å². The van der Waals surface area contributed by atoms with Crippen LogP contribution >= 0.6 is 0 Å². The van der Waals surface area contributed by atoms with Crippen molar-refractivity contribution in [3.8, 4) is 11.4 Å². The monoisotopic (exact) mass is 377 g/mol. The molecule has 0 unspecified atom stereocenters. The maximum atomic E-state index is 12.4. The number of amides is 1. The number of hydrogen-bond acceptors (Lipinski definition) is 3. The number of carbonyl (C=O) groups is 1. The van der Waals surface area contributed by atoms with Crippen LogP contribution in [0.15, 0.2) is 67.3 Å². The van der Waals surface area contributed by atoms with E-state index in [4.69, 9.17) is 4.74 Å². The Hall–Kier alpha value is -3.08. The molecule has 5 nitrogen and oxygen atoms in total. The summed E-state index contributed by atoms with van der Waals surface area (Å²) >= 11 is 0. The van der Waals surface area contributed by atoms with Gasteiger partial charge < -0.3 is 14.6 Å². The predicted octanol–water partition coefficient (Wildman–Crippen LogP) is 4.43. The fourth-order valence-corrected chi connectivity index (χ4v) is 3.07. The molecular formula is C23H27N3O2. The molecule has 3 rings (SSSR count). The Morgan fingerprint density at radius 3 is 2.50 bits per heavy atom. The van der Waals surface area contributed by atoms with E-state index in [0.29, 0.717) is 0 Å². The smallest absolute Gasteiger partial charge is 0.258 e. The number of carbonyl (C=O) groups excluding carboxylic acids is 1. The number of nitrogens with one attached hydrogen (secondary N) is 1. The van der Waals surface area contributed by atoms with E-state index >= 15 is 0 Å². The molecule has 0 saturated heterocycles. The maximum Gasteiger partial charge on any atom is 0.258 e. The van der Waals surface area contributed by atoms with E-state index in [-0.39, 0.29) is 24.0 Å². The van der Waals surface area contributed by atoms with Crippen LogP contribution in [-0.4, -0.2) is 22.1 Å². The van der Waals surface area contributed by atoms with E-state index in [9.17, 15) is 4.79 Å². The van der Waals surface area contributed by atoms with Gasteiger partial charge in [0.05, 0.1) is 12.4 Å². The fourth-order valence-electron chi connectivity index (χ4n) is 3.07. The summed E-state index contributed by atoms with van der Waals surface area (Å²) in [6.45, 7) is 8.35. The Labute approximate surface area is 166 Å². The first kappa shape index (κ1) is 19.7. The molecule has 1 heterocycles. The highest BCUT2D eigenvalue weighted by Crippen LogP contribution is 2.30. The van der Waals surface area contributed by atoms with E-state index in [1.54, 1.807) is 12.5 Å². The van der Waals surface area contributed by atoms with Crippen molar-refractivity contribution >= 4 is 5.91 Å². The van der Waals surface area contributed by atoms with E-state index in [2.05, 4.69) is 31.1 Å². The van der Waals surface area contributed by atoms with Gasteiger partial charge in [-0.2, -0.15) is 0 Å². The summed E-state index contributed by atoms with van der Waals surface area (Å²) in [6.07, 6.45) is 5.40. The average Bonchev–Trinajstić information content (AvgIpc) is 3.21. The third-order valence-electron chi connectivity index (χ3n) is 4.63. The van der Waals surface area contributed by atoms with Crippen LogP contribution in [-0.2, 0) is 10.2 Å². The van der Waals surface area contributed by atoms with Crippen molar-refractivity contribution in [2.24, 2.45) is 0 Å². The molecule has 1 atom stereocenters. The van der Waals surface area contributed by atoms with Gasteiger partial charge >= 0.3 is 0 Å². The second-order valence-corrected chi connectivity index (χ2v) is 7.89. The molecule has 0 aliphatic carbocycles. The zero-order valence-corrected chi connectivity index (χ0v) is 16.8. The van der Waals surface area contributed by atoms with Crippen molar-refractivity contribution < 1.29 is 9.53 Å². The van der Waals surface area contributed by atoms with Gasteiger partial charge in [0.2, 0.25) is 0 Å². The van der Waals surface area contributed by atoms with Crippen LogP contribution in [0.1, 0.15) is 44.9 Å². The molecule has 0 fully saturated rings. The highest BCUT2D eigenvalue weighted by molar-refractivity contribution is 5.78. The number of nitrogens with zero attached hydrogens (tertiary/aromatic N) is 2. The zero-order valence-electron chi connectivity index (χ0n) is 16.8. The molecule has 0 aliphatic rings. The number of rotatable bonds is 6. The van der Waals surface area contributed by atoms with Gasteiger partial charge in [0.1, 0.15) is 5.75 Å². The Morgan fingerprint density at radius 2 is 1.86 bits per heavy atom. The lowest BCUT2D eigenvalue weighted by molar-refractivity contribution is -0.123. The van der Waals surface area contributed by atoms with Gasteiger partial charge in [0.25, 0.3) is 5.91 Å². The molecule has 2 aromatic carbocycles. The summed E-state index contributed by atoms with van der Waals surface area (Å²) in [5.74, 6) is 0.609. The molecular weight excluding hydrogens is 350 g/mol. The summed E-state index contributed by atoms with van der Waals surface area (Å²) in [6, 6.07) is 15.8. The predicted molar refractivity (Wildman–Crippen MR) is 111 cm³/mol. The Kier molecular flexibility index (Phi) is 5.83. The third-order valence-corrected chi connectivity index (χ3v) is 4.63. The second-order valence-electron chi connectivity index (χ2n) is 7.89. The number of para-hydroxylation sites is 1. The van der Waals surface area contributed by atoms with Crippen LogP contribution in [0.3, 0.4) is 0 Å². The first-order chi connectivity index (χ1) is 13.3. The molecule has 0 spiro atoms. The van der Waals surface area contributed by atoms with Gasteiger partial charge in [-0.15, -0.1) is 0 Å². The molecule has 3 aromatic rings. The van der Waals surface area contributed by atoms with E-state index in [1.165, 1.54) is 0 Å². The summed E-state index contributed by atoms with van der Waals surface area (Å²) < 4.78 is 7.75. The highest BCUT2D eigenvalue weighted by Gasteiger charge is 2.19. The number of imidazole rings is 1. The molecule has 0 bridgehead atoms. The first-order valence-corrected chi connectivity index (χ1v) is 9.44. The van der Waals surface area contributed by atoms with Gasteiger partial charge in [0.15, 0.2) is 6.61 Å². The fraction of sp³-hybridized carbons (Fsp3) is 0.304. The second kappa shape index (κ2) is 8.30.